The molecule has 0 saturated heterocycles. The van der Waals surface area contributed by atoms with Crippen LogP contribution in [0.5, 0.6) is 0 Å². The normalized spacial score (nSPS) is 10.8. The molecule has 3 heterocycles. The van der Waals surface area contributed by atoms with E-state index in [9.17, 15) is 14.4 Å². The van der Waals surface area contributed by atoms with Crippen LogP contribution in [0.2, 0.25) is 0 Å². The van der Waals surface area contributed by atoms with Gasteiger partial charge in [-0.25, -0.2) is 9.78 Å². The zero-order valence-electron chi connectivity index (χ0n) is 17.7. The second kappa shape index (κ2) is 10.4. The van der Waals surface area contributed by atoms with E-state index in [-0.39, 0.29) is 24.7 Å². The Balaban J connectivity index is 1.67. The van der Waals surface area contributed by atoms with Crippen LogP contribution in [0, 0.1) is 0 Å². The van der Waals surface area contributed by atoms with Gasteiger partial charge >= 0.3 is 5.69 Å². The molecule has 1 aromatic carbocycles. The first-order valence-corrected chi connectivity index (χ1v) is 11.7. The van der Waals surface area contributed by atoms with Crippen LogP contribution < -0.4 is 21.9 Å². The van der Waals surface area contributed by atoms with Gasteiger partial charge in [-0.05, 0) is 17.0 Å². The van der Waals surface area contributed by atoms with Crippen molar-refractivity contribution in [2.45, 2.75) is 13.1 Å². The Bertz CT molecular complexity index is 1340. The average molecular weight is 484 g/mol. The van der Waals surface area contributed by atoms with Gasteiger partial charge in [0.25, 0.3) is 11.5 Å². The standard InChI is InChI=1S/C22H21N5O4S2/c1-31-10-9-27-18(25-19(28)16-13-24-21(33-16)15-8-5-11-32-15)17(20(29)26-22(27)30)23-12-14-6-3-2-4-7-14/h2-8,11,13,23H,9-10,12H2,1H3,(H,25,28)(H,26,29,30). The molecule has 0 atom stereocenters. The van der Waals surface area contributed by atoms with Gasteiger partial charge in [0, 0.05) is 13.7 Å². The highest BCUT2D eigenvalue weighted by Gasteiger charge is 2.20. The molecule has 9 nitrogen and oxygen atoms in total. The number of H-pyrrole nitrogens is 1. The molecule has 3 aromatic heterocycles. The Hall–Kier alpha value is -3.54. The van der Waals surface area contributed by atoms with E-state index in [0.29, 0.717) is 11.4 Å². The van der Waals surface area contributed by atoms with Crippen LogP contribution in [0.3, 0.4) is 0 Å². The van der Waals surface area contributed by atoms with E-state index in [2.05, 4.69) is 20.6 Å². The van der Waals surface area contributed by atoms with Crippen molar-refractivity contribution >= 4 is 40.1 Å². The number of aromatic amines is 1. The lowest BCUT2D eigenvalue weighted by atomic mass is 10.2. The van der Waals surface area contributed by atoms with Crippen LogP contribution in [0.1, 0.15) is 15.2 Å². The highest BCUT2D eigenvalue weighted by molar-refractivity contribution is 7.22. The second-order valence-electron chi connectivity index (χ2n) is 6.93. The van der Waals surface area contributed by atoms with Gasteiger partial charge in [0.15, 0.2) is 0 Å². The number of nitrogens with one attached hydrogen (secondary N) is 3. The van der Waals surface area contributed by atoms with Crippen molar-refractivity contribution in [3.8, 4) is 9.88 Å². The van der Waals surface area contributed by atoms with Crippen LogP contribution >= 0.6 is 22.7 Å². The molecule has 0 bridgehead atoms. The molecule has 0 saturated carbocycles. The van der Waals surface area contributed by atoms with Gasteiger partial charge in [-0.15, -0.1) is 22.7 Å². The van der Waals surface area contributed by atoms with Crippen molar-refractivity contribution in [1.29, 1.82) is 0 Å². The predicted octanol–water partition coefficient (Wildman–Crippen LogP) is 3.23. The number of carbonyl (C=O) groups is 1. The summed E-state index contributed by atoms with van der Waals surface area (Å²) < 4.78 is 6.37. The number of methoxy groups -OCH3 is 1. The van der Waals surface area contributed by atoms with Crippen molar-refractivity contribution in [3.63, 3.8) is 0 Å². The van der Waals surface area contributed by atoms with Gasteiger partial charge in [0.05, 0.1) is 24.2 Å². The van der Waals surface area contributed by atoms with Crippen molar-refractivity contribution in [2.24, 2.45) is 0 Å². The molecule has 0 aliphatic carbocycles. The van der Waals surface area contributed by atoms with Crippen molar-refractivity contribution in [3.05, 3.63) is 85.3 Å². The predicted molar refractivity (Wildman–Crippen MR) is 130 cm³/mol. The third-order valence-corrected chi connectivity index (χ3v) is 6.76. The Morgan fingerprint density at radius 3 is 2.73 bits per heavy atom. The van der Waals surface area contributed by atoms with E-state index in [1.54, 1.807) is 0 Å². The van der Waals surface area contributed by atoms with Gasteiger partial charge < -0.3 is 15.4 Å². The summed E-state index contributed by atoms with van der Waals surface area (Å²) in [6, 6.07) is 13.3. The fourth-order valence-electron chi connectivity index (χ4n) is 3.11. The Morgan fingerprint density at radius 2 is 2.00 bits per heavy atom. The quantitative estimate of drug-likeness (QED) is 0.336. The molecular formula is C22H21N5O4S2. The molecule has 11 heteroatoms. The smallest absolute Gasteiger partial charge is 0.330 e. The van der Waals surface area contributed by atoms with Crippen LogP contribution in [-0.2, 0) is 17.8 Å². The number of thiophene rings is 1. The third kappa shape index (κ3) is 5.28. The minimum absolute atomic E-state index is 0.0767. The first-order valence-electron chi connectivity index (χ1n) is 10.0. The summed E-state index contributed by atoms with van der Waals surface area (Å²) in [5.74, 6) is -0.387. The molecule has 0 aliphatic rings. The number of carbonyl (C=O) groups excluding carboxylic acids is 1. The highest BCUT2D eigenvalue weighted by Crippen LogP contribution is 2.29. The molecule has 33 heavy (non-hydrogen) atoms. The average Bonchev–Trinajstić information content (AvgIpc) is 3.51. The van der Waals surface area contributed by atoms with Gasteiger partial charge in [0.1, 0.15) is 21.4 Å². The van der Waals surface area contributed by atoms with E-state index in [1.165, 1.54) is 40.5 Å². The van der Waals surface area contributed by atoms with Crippen molar-refractivity contribution < 1.29 is 9.53 Å². The topological polar surface area (TPSA) is 118 Å². The molecule has 4 aromatic rings. The maximum Gasteiger partial charge on any atom is 0.330 e. The Kier molecular flexibility index (Phi) is 7.13. The molecule has 0 fully saturated rings. The lowest BCUT2D eigenvalue weighted by Gasteiger charge is -2.17. The molecule has 0 spiro atoms. The summed E-state index contributed by atoms with van der Waals surface area (Å²) in [5, 5.41) is 8.46. The van der Waals surface area contributed by atoms with E-state index in [4.69, 9.17) is 4.74 Å². The summed E-state index contributed by atoms with van der Waals surface area (Å²) in [7, 11) is 1.51. The zero-order valence-corrected chi connectivity index (χ0v) is 19.3. The minimum atomic E-state index is -0.638. The number of thiazole rings is 1. The fraction of sp³-hybridized carbons (Fsp3) is 0.182. The van der Waals surface area contributed by atoms with Crippen molar-refractivity contribution in [1.82, 2.24) is 14.5 Å². The summed E-state index contributed by atoms with van der Waals surface area (Å²) in [6.07, 6.45) is 1.48. The largest absolute Gasteiger partial charge is 0.383 e. The van der Waals surface area contributed by atoms with Gasteiger partial charge in [-0.1, -0.05) is 36.4 Å². The molecule has 0 radical (unpaired) electrons. The van der Waals surface area contributed by atoms with Crippen LogP contribution in [0.4, 0.5) is 11.5 Å². The van der Waals surface area contributed by atoms with E-state index in [1.807, 2.05) is 47.8 Å². The number of nitrogens with zero attached hydrogens (tertiary/aromatic N) is 2. The number of hydrogen-bond donors (Lipinski definition) is 3. The van der Waals surface area contributed by atoms with Crippen LogP contribution in [0.15, 0.2) is 63.6 Å². The summed E-state index contributed by atoms with van der Waals surface area (Å²) in [4.78, 5) is 46.2. The van der Waals surface area contributed by atoms with Crippen LogP contribution in [0.25, 0.3) is 9.88 Å². The Labute approximate surface area is 196 Å². The molecule has 0 unspecified atom stereocenters. The number of ether oxygens (including phenoxy) is 1. The number of amides is 1. The molecule has 4 rings (SSSR count). The minimum Gasteiger partial charge on any atom is -0.383 e. The number of rotatable bonds is 9. The monoisotopic (exact) mass is 483 g/mol. The SMILES string of the molecule is COCCn1c(NC(=O)c2cnc(-c3cccs3)s2)c(NCc2ccccc2)c(=O)[nH]c1=O. The van der Waals surface area contributed by atoms with E-state index < -0.39 is 17.2 Å². The highest BCUT2D eigenvalue weighted by atomic mass is 32.1. The molecule has 0 aliphatic heterocycles. The molecular weight excluding hydrogens is 462 g/mol. The van der Waals surface area contributed by atoms with Gasteiger partial charge in [-0.3, -0.25) is 19.1 Å². The lowest BCUT2D eigenvalue weighted by molar-refractivity contribution is 0.102. The third-order valence-electron chi connectivity index (χ3n) is 4.72. The molecule has 1 amide bonds. The zero-order chi connectivity index (χ0) is 23.2. The summed E-state index contributed by atoms with van der Waals surface area (Å²) in [6.45, 7) is 0.694. The fourth-order valence-corrected chi connectivity index (χ4v) is 4.72. The molecule has 170 valence electrons. The number of anilines is 2. The Morgan fingerprint density at radius 1 is 1.18 bits per heavy atom. The van der Waals surface area contributed by atoms with Crippen molar-refractivity contribution in [2.75, 3.05) is 24.4 Å². The number of aromatic nitrogens is 3. The van der Waals surface area contributed by atoms with E-state index >= 15 is 0 Å². The second-order valence-corrected chi connectivity index (χ2v) is 8.91. The maximum atomic E-state index is 13.0. The van der Waals surface area contributed by atoms with Gasteiger partial charge in [-0.2, -0.15) is 0 Å². The number of benzene rings is 1. The summed E-state index contributed by atoms with van der Waals surface area (Å²) >= 11 is 2.76. The first kappa shape index (κ1) is 22.6. The lowest BCUT2D eigenvalue weighted by Crippen LogP contribution is -2.36. The summed E-state index contributed by atoms with van der Waals surface area (Å²) in [5.41, 5.74) is -0.234. The first-order chi connectivity index (χ1) is 16.1. The molecule has 3 N–H and O–H groups in total. The van der Waals surface area contributed by atoms with Crippen LogP contribution in [-0.4, -0.2) is 34.2 Å². The maximum absolute atomic E-state index is 13.0. The van der Waals surface area contributed by atoms with E-state index in [0.717, 1.165) is 15.4 Å². The number of hydrogen-bond acceptors (Lipinski definition) is 8. The van der Waals surface area contributed by atoms with Gasteiger partial charge in [0.2, 0.25) is 0 Å².